The van der Waals surface area contributed by atoms with Crippen LogP contribution in [0.15, 0.2) is 83.8 Å². The van der Waals surface area contributed by atoms with E-state index < -0.39 is 22.0 Å². The minimum absolute atomic E-state index is 0.0190. The molecule has 0 radical (unpaired) electrons. The number of anilines is 1. The fourth-order valence-corrected chi connectivity index (χ4v) is 4.19. The van der Waals surface area contributed by atoms with E-state index in [1.807, 2.05) is 30.3 Å². The predicted octanol–water partition coefficient (Wildman–Crippen LogP) is 4.52. The van der Waals surface area contributed by atoms with Gasteiger partial charge in [0, 0.05) is 5.02 Å². The van der Waals surface area contributed by atoms with E-state index in [-0.39, 0.29) is 11.3 Å². The quantitative estimate of drug-likeness (QED) is 0.557. The van der Waals surface area contributed by atoms with E-state index in [2.05, 4.69) is 10.0 Å². The van der Waals surface area contributed by atoms with Gasteiger partial charge in [-0.15, -0.1) is 0 Å². The van der Waals surface area contributed by atoms with Gasteiger partial charge in [0.25, 0.3) is 0 Å². The van der Waals surface area contributed by atoms with Crippen molar-refractivity contribution in [3.8, 4) is 0 Å². The summed E-state index contributed by atoms with van der Waals surface area (Å²) in [6.45, 7) is 0. The highest BCUT2D eigenvalue weighted by molar-refractivity contribution is 7.89. The lowest BCUT2D eigenvalue weighted by Crippen LogP contribution is -2.45. The van der Waals surface area contributed by atoms with Crippen LogP contribution in [0.4, 0.5) is 5.69 Å². The van der Waals surface area contributed by atoms with Crippen LogP contribution in [0.2, 0.25) is 10.0 Å². The van der Waals surface area contributed by atoms with E-state index >= 15 is 0 Å². The number of nitrogens with one attached hydrogen (secondary N) is 2. The third kappa shape index (κ3) is 5.81. The lowest BCUT2D eigenvalue weighted by molar-refractivity contribution is -0.117. The molecule has 150 valence electrons. The smallest absolute Gasteiger partial charge is 0.242 e. The fraction of sp³-hybridized carbons (Fsp3) is 0.0952. The molecule has 0 saturated heterocycles. The Bertz CT molecular complexity index is 1090. The Morgan fingerprint density at radius 2 is 1.48 bits per heavy atom. The Morgan fingerprint density at radius 3 is 2.14 bits per heavy atom. The first-order valence-corrected chi connectivity index (χ1v) is 11.0. The molecular weight excluding hydrogens is 431 g/mol. The first kappa shape index (κ1) is 21.3. The lowest BCUT2D eigenvalue weighted by atomic mass is 10.1. The number of amides is 1. The molecule has 29 heavy (non-hydrogen) atoms. The monoisotopic (exact) mass is 448 g/mol. The van der Waals surface area contributed by atoms with Crippen molar-refractivity contribution < 1.29 is 13.2 Å². The maximum Gasteiger partial charge on any atom is 0.242 e. The minimum atomic E-state index is -3.95. The summed E-state index contributed by atoms with van der Waals surface area (Å²) in [5.74, 6) is -0.514. The molecule has 0 heterocycles. The Balaban J connectivity index is 1.87. The number of hydrogen-bond acceptors (Lipinski definition) is 3. The van der Waals surface area contributed by atoms with Crippen molar-refractivity contribution in [1.29, 1.82) is 0 Å². The average Bonchev–Trinajstić information content (AvgIpc) is 2.70. The summed E-state index contributed by atoms with van der Waals surface area (Å²) < 4.78 is 28.1. The van der Waals surface area contributed by atoms with Crippen LogP contribution in [0.1, 0.15) is 5.56 Å². The molecule has 0 aromatic heterocycles. The average molecular weight is 449 g/mol. The molecule has 0 aliphatic rings. The summed E-state index contributed by atoms with van der Waals surface area (Å²) in [5.41, 5.74) is 1.22. The fourth-order valence-electron chi connectivity index (χ4n) is 2.69. The molecule has 0 fully saturated rings. The molecule has 2 N–H and O–H groups in total. The molecule has 3 rings (SSSR count). The Morgan fingerprint density at radius 1 is 0.862 bits per heavy atom. The molecule has 0 aliphatic heterocycles. The summed E-state index contributed by atoms with van der Waals surface area (Å²) in [6, 6.07) is 20.6. The van der Waals surface area contributed by atoms with Crippen molar-refractivity contribution in [3.63, 3.8) is 0 Å². The van der Waals surface area contributed by atoms with Gasteiger partial charge >= 0.3 is 0 Å². The van der Waals surface area contributed by atoms with E-state index in [1.165, 1.54) is 24.3 Å². The molecular formula is C21H18Cl2N2O3S. The number of rotatable bonds is 7. The van der Waals surface area contributed by atoms with Crippen molar-refractivity contribution in [1.82, 2.24) is 4.72 Å². The van der Waals surface area contributed by atoms with Gasteiger partial charge in [0.2, 0.25) is 15.9 Å². The number of benzene rings is 3. The normalized spacial score (nSPS) is 12.3. The Labute approximate surface area is 179 Å². The molecule has 1 unspecified atom stereocenters. The van der Waals surface area contributed by atoms with Crippen LogP contribution in [0.25, 0.3) is 0 Å². The number of para-hydroxylation sites is 1. The molecule has 0 saturated carbocycles. The molecule has 0 spiro atoms. The van der Waals surface area contributed by atoms with Crippen molar-refractivity contribution in [2.24, 2.45) is 0 Å². The molecule has 1 amide bonds. The summed E-state index contributed by atoms with van der Waals surface area (Å²) >= 11 is 11.9. The van der Waals surface area contributed by atoms with Gasteiger partial charge in [-0.05, 0) is 48.4 Å². The molecule has 1 atom stereocenters. The van der Waals surface area contributed by atoms with Gasteiger partial charge in [0.1, 0.15) is 6.04 Å². The Hall–Kier alpha value is -2.38. The largest absolute Gasteiger partial charge is 0.323 e. The van der Waals surface area contributed by atoms with Gasteiger partial charge in [-0.2, -0.15) is 4.72 Å². The number of carbonyl (C=O) groups excluding carboxylic acids is 1. The van der Waals surface area contributed by atoms with Crippen LogP contribution < -0.4 is 10.0 Å². The summed E-state index contributed by atoms with van der Waals surface area (Å²) in [4.78, 5) is 12.9. The van der Waals surface area contributed by atoms with E-state index in [0.717, 1.165) is 5.56 Å². The highest BCUT2D eigenvalue weighted by atomic mass is 35.5. The van der Waals surface area contributed by atoms with E-state index in [1.54, 1.807) is 24.3 Å². The van der Waals surface area contributed by atoms with Gasteiger partial charge in [0.15, 0.2) is 0 Å². The van der Waals surface area contributed by atoms with Gasteiger partial charge in [-0.25, -0.2) is 8.42 Å². The topological polar surface area (TPSA) is 75.3 Å². The second kappa shape index (κ2) is 9.41. The van der Waals surface area contributed by atoms with Gasteiger partial charge < -0.3 is 5.32 Å². The second-order valence-corrected chi connectivity index (χ2v) is 8.84. The van der Waals surface area contributed by atoms with Gasteiger partial charge in [0.05, 0.1) is 15.6 Å². The molecule has 0 aliphatic carbocycles. The van der Waals surface area contributed by atoms with Crippen LogP contribution >= 0.6 is 23.2 Å². The van der Waals surface area contributed by atoms with Crippen LogP contribution in [-0.2, 0) is 21.2 Å². The third-order valence-electron chi connectivity index (χ3n) is 4.15. The zero-order chi connectivity index (χ0) is 20.9. The number of carbonyl (C=O) groups is 1. The number of halogens is 2. The highest BCUT2D eigenvalue weighted by Crippen LogP contribution is 2.21. The summed E-state index contributed by atoms with van der Waals surface area (Å²) in [7, 11) is -3.95. The molecule has 8 heteroatoms. The zero-order valence-electron chi connectivity index (χ0n) is 15.2. The minimum Gasteiger partial charge on any atom is -0.323 e. The van der Waals surface area contributed by atoms with Crippen molar-refractivity contribution in [3.05, 3.63) is 94.5 Å². The second-order valence-electron chi connectivity index (χ2n) is 6.29. The van der Waals surface area contributed by atoms with E-state index in [9.17, 15) is 13.2 Å². The third-order valence-corrected chi connectivity index (χ3v) is 6.22. The van der Waals surface area contributed by atoms with Crippen molar-refractivity contribution in [2.45, 2.75) is 17.4 Å². The number of hydrogen-bond donors (Lipinski definition) is 2. The SMILES string of the molecule is O=C(Nc1ccccc1Cl)C(Cc1ccccc1)NS(=O)(=O)c1ccc(Cl)cc1. The Kier molecular flexibility index (Phi) is 6.92. The first-order chi connectivity index (χ1) is 13.8. The van der Waals surface area contributed by atoms with Crippen LogP contribution in [-0.4, -0.2) is 20.4 Å². The van der Waals surface area contributed by atoms with E-state index in [4.69, 9.17) is 23.2 Å². The lowest BCUT2D eigenvalue weighted by Gasteiger charge is -2.19. The van der Waals surface area contributed by atoms with E-state index in [0.29, 0.717) is 15.7 Å². The highest BCUT2D eigenvalue weighted by Gasteiger charge is 2.26. The molecule has 3 aromatic rings. The maximum absolute atomic E-state index is 12.9. The summed E-state index contributed by atoms with van der Waals surface area (Å²) in [6.07, 6.45) is 0.171. The van der Waals surface area contributed by atoms with Crippen LogP contribution in [0.3, 0.4) is 0 Å². The maximum atomic E-state index is 12.9. The van der Waals surface area contributed by atoms with Gasteiger partial charge in [-0.1, -0.05) is 65.7 Å². The predicted molar refractivity (Wildman–Crippen MR) is 116 cm³/mol. The van der Waals surface area contributed by atoms with Crippen LogP contribution in [0, 0.1) is 0 Å². The zero-order valence-corrected chi connectivity index (χ0v) is 17.5. The molecule has 0 bridgehead atoms. The van der Waals surface area contributed by atoms with Crippen molar-refractivity contribution in [2.75, 3.05) is 5.32 Å². The standard InChI is InChI=1S/C21H18Cl2N2O3S/c22-16-10-12-17(13-11-16)29(27,28)25-20(14-15-6-2-1-3-7-15)21(26)24-19-9-5-4-8-18(19)23/h1-13,20,25H,14H2,(H,24,26). The first-order valence-electron chi connectivity index (χ1n) is 8.72. The van der Waals surface area contributed by atoms with Crippen molar-refractivity contribution >= 4 is 44.8 Å². The summed E-state index contributed by atoms with van der Waals surface area (Å²) in [5, 5.41) is 3.47. The molecule has 3 aromatic carbocycles. The van der Waals surface area contributed by atoms with Crippen LogP contribution in [0.5, 0.6) is 0 Å². The van der Waals surface area contributed by atoms with Gasteiger partial charge in [-0.3, -0.25) is 4.79 Å². The number of sulfonamides is 1. The molecule has 5 nitrogen and oxygen atoms in total.